The predicted octanol–water partition coefficient (Wildman–Crippen LogP) is 3.62. The molecule has 9 nitrogen and oxygen atoms in total. The van der Waals surface area contributed by atoms with E-state index in [1.165, 1.54) is 11.3 Å². The van der Waals surface area contributed by atoms with E-state index in [0.29, 0.717) is 29.9 Å². The molecule has 0 spiro atoms. The zero-order valence-electron chi connectivity index (χ0n) is 22.1. The predicted molar refractivity (Wildman–Crippen MR) is 151 cm³/mol. The lowest BCUT2D eigenvalue weighted by molar-refractivity contribution is 0.105. The minimum absolute atomic E-state index is 0.144. The highest BCUT2D eigenvalue weighted by atomic mass is 16.3. The minimum atomic E-state index is -0.852. The topological polar surface area (TPSA) is 91.5 Å². The molecule has 2 aromatic heterocycles. The molecule has 2 fully saturated rings. The smallest absolute Gasteiger partial charge is 0.278 e. The molecule has 0 radical (unpaired) electrons. The van der Waals surface area contributed by atoms with Crippen molar-refractivity contribution in [3.8, 4) is 0 Å². The Morgan fingerprint density at radius 1 is 1.21 bits per heavy atom. The van der Waals surface area contributed by atoms with Crippen molar-refractivity contribution in [1.82, 2.24) is 24.2 Å². The van der Waals surface area contributed by atoms with Crippen molar-refractivity contribution in [2.24, 2.45) is 0 Å². The maximum absolute atomic E-state index is 13.3. The number of aromatic nitrogens is 4. The lowest BCUT2D eigenvalue weighted by Crippen LogP contribution is -2.44. The van der Waals surface area contributed by atoms with Gasteiger partial charge < -0.3 is 20.2 Å². The third-order valence-electron chi connectivity index (χ3n) is 8.09. The Balaban J connectivity index is 1.32. The van der Waals surface area contributed by atoms with Crippen LogP contribution in [0.4, 0.5) is 17.3 Å². The van der Waals surface area contributed by atoms with Gasteiger partial charge in [0.05, 0.1) is 18.2 Å². The summed E-state index contributed by atoms with van der Waals surface area (Å²) in [7, 11) is 2.16. The number of fused-ring (bicyclic) bond motifs is 2. The molecule has 0 bridgehead atoms. The van der Waals surface area contributed by atoms with Crippen molar-refractivity contribution < 1.29 is 5.11 Å². The van der Waals surface area contributed by atoms with Crippen molar-refractivity contribution in [3.05, 3.63) is 76.8 Å². The lowest BCUT2D eigenvalue weighted by atomic mass is 9.90. The Morgan fingerprint density at radius 3 is 2.71 bits per heavy atom. The number of aliphatic hydroxyl groups is 1. The number of benzene rings is 1. The van der Waals surface area contributed by atoms with E-state index in [4.69, 9.17) is 4.98 Å². The summed E-state index contributed by atoms with van der Waals surface area (Å²) in [5.74, 6) is 0.432. The zero-order chi connectivity index (χ0) is 26.4. The van der Waals surface area contributed by atoms with Crippen LogP contribution in [0, 0.1) is 0 Å². The van der Waals surface area contributed by atoms with E-state index in [0.717, 1.165) is 50.3 Å². The van der Waals surface area contributed by atoms with E-state index < -0.39 is 5.60 Å². The first-order chi connectivity index (χ1) is 18.3. The lowest BCUT2D eigenvalue weighted by Gasteiger charge is -2.34. The van der Waals surface area contributed by atoms with Gasteiger partial charge in [0.1, 0.15) is 5.39 Å². The van der Waals surface area contributed by atoms with Crippen LogP contribution in [0.2, 0.25) is 0 Å². The van der Waals surface area contributed by atoms with Crippen molar-refractivity contribution in [1.29, 1.82) is 0 Å². The molecule has 6 rings (SSSR count). The molecule has 2 atom stereocenters. The minimum Gasteiger partial charge on any atom is -0.385 e. The molecule has 9 heteroatoms. The van der Waals surface area contributed by atoms with Crippen LogP contribution in [0.3, 0.4) is 0 Å². The highest BCUT2D eigenvalue weighted by molar-refractivity contribution is 5.76. The van der Waals surface area contributed by atoms with Crippen molar-refractivity contribution in [3.63, 3.8) is 0 Å². The molecule has 1 aromatic carbocycles. The van der Waals surface area contributed by atoms with Gasteiger partial charge in [-0.25, -0.2) is 9.67 Å². The second-order valence-corrected chi connectivity index (χ2v) is 10.8. The van der Waals surface area contributed by atoms with E-state index in [1.807, 2.05) is 23.7 Å². The summed E-state index contributed by atoms with van der Waals surface area (Å²) in [6, 6.07) is 8.17. The average molecular weight is 514 g/mol. The molecule has 3 aromatic rings. The quantitative estimate of drug-likeness (QED) is 0.487. The van der Waals surface area contributed by atoms with Gasteiger partial charge in [-0.15, -0.1) is 6.58 Å². The second kappa shape index (κ2) is 9.56. The van der Waals surface area contributed by atoms with Crippen LogP contribution in [0.25, 0.3) is 11.0 Å². The first kappa shape index (κ1) is 24.6. The van der Waals surface area contributed by atoms with Crippen LogP contribution in [-0.2, 0) is 6.54 Å². The van der Waals surface area contributed by atoms with Crippen LogP contribution in [-0.4, -0.2) is 68.2 Å². The average Bonchev–Trinajstić information content (AvgIpc) is 3.37. The van der Waals surface area contributed by atoms with Crippen LogP contribution in [0.15, 0.2) is 71.2 Å². The summed E-state index contributed by atoms with van der Waals surface area (Å²) in [5.41, 5.74) is 3.83. The largest absolute Gasteiger partial charge is 0.385 e. The van der Waals surface area contributed by atoms with E-state index >= 15 is 0 Å². The monoisotopic (exact) mass is 513 g/mol. The molecule has 38 heavy (non-hydrogen) atoms. The van der Waals surface area contributed by atoms with E-state index in [9.17, 15) is 9.90 Å². The summed E-state index contributed by atoms with van der Waals surface area (Å²) >= 11 is 0. The molecule has 198 valence electrons. The number of allylic oxidation sites excluding steroid dienone is 3. The Bertz CT molecular complexity index is 1490. The third-order valence-corrected chi connectivity index (χ3v) is 8.09. The fourth-order valence-electron chi connectivity index (χ4n) is 5.87. The number of anilines is 3. The number of nitrogens with zero attached hydrogens (tertiary/aromatic N) is 6. The van der Waals surface area contributed by atoms with Gasteiger partial charge >= 0.3 is 0 Å². The number of rotatable bonds is 6. The first-order valence-electron chi connectivity index (χ1n) is 13.4. The molecular weight excluding hydrogens is 478 g/mol. The normalized spacial score (nSPS) is 23.8. The van der Waals surface area contributed by atoms with Gasteiger partial charge in [0.2, 0.25) is 5.95 Å². The van der Waals surface area contributed by atoms with E-state index in [1.54, 1.807) is 17.0 Å². The Morgan fingerprint density at radius 2 is 1.97 bits per heavy atom. The number of nitrogens with one attached hydrogen (secondary N) is 1. The summed E-state index contributed by atoms with van der Waals surface area (Å²) in [5, 5.41) is 14.7. The molecule has 3 aliphatic rings. The van der Waals surface area contributed by atoms with Crippen molar-refractivity contribution in [2.45, 2.75) is 44.4 Å². The van der Waals surface area contributed by atoms with E-state index in [-0.39, 0.29) is 11.6 Å². The number of piperazine rings is 1. The highest BCUT2D eigenvalue weighted by Crippen LogP contribution is 2.44. The standard InChI is InChI=1S/C29H35N7O2/c1-4-13-35-27(37)24-19-30-28(31-21-6-9-22(10-7-21)34-16-14-33(3)15-17-34)32-26(24)36(35)23-8-5-20-11-12-29(2,38)25(20)18-23/h4-7,9-10,18-19,23,38H,1,8,11-17H2,2-3H3,(H,30,31,32). The summed E-state index contributed by atoms with van der Waals surface area (Å²) in [6.07, 6.45) is 9.94. The molecule has 2 aliphatic carbocycles. The van der Waals surface area contributed by atoms with Crippen molar-refractivity contribution in [2.75, 3.05) is 43.4 Å². The fourth-order valence-corrected chi connectivity index (χ4v) is 5.87. The van der Waals surface area contributed by atoms with Crippen LogP contribution >= 0.6 is 0 Å². The fraction of sp³-hybridized carbons (Fsp3) is 0.414. The molecule has 2 N–H and O–H groups in total. The molecule has 1 saturated heterocycles. The second-order valence-electron chi connectivity index (χ2n) is 10.8. The maximum atomic E-state index is 13.3. The van der Waals surface area contributed by atoms with Crippen LogP contribution in [0.5, 0.6) is 0 Å². The third kappa shape index (κ3) is 4.35. The SMILES string of the molecule is C=CCn1c(=O)c2cnc(Nc3ccc(N4CCN(C)CC4)cc3)nc2n1C1C=C2C(=CC1)CCC2(C)O. The number of hydrogen-bond acceptors (Lipinski definition) is 7. The van der Waals surface area contributed by atoms with Gasteiger partial charge in [-0.3, -0.25) is 9.48 Å². The molecule has 1 aliphatic heterocycles. The molecule has 0 amide bonds. The summed E-state index contributed by atoms with van der Waals surface area (Å²) in [4.78, 5) is 27.3. The van der Waals surface area contributed by atoms with Gasteiger partial charge in [-0.2, -0.15) is 4.98 Å². The molecular formula is C29H35N7O2. The van der Waals surface area contributed by atoms with Crippen molar-refractivity contribution >= 4 is 28.4 Å². The van der Waals surface area contributed by atoms with Crippen LogP contribution < -0.4 is 15.8 Å². The summed E-state index contributed by atoms with van der Waals surface area (Å²) in [6.45, 7) is 10.2. The van der Waals surface area contributed by atoms with Crippen LogP contribution in [0.1, 0.15) is 32.2 Å². The first-order valence-corrected chi connectivity index (χ1v) is 13.4. The van der Waals surface area contributed by atoms with Gasteiger partial charge in [0, 0.05) is 43.8 Å². The maximum Gasteiger partial charge on any atom is 0.278 e. The molecule has 1 saturated carbocycles. The van der Waals surface area contributed by atoms with Gasteiger partial charge in [0.25, 0.3) is 5.56 Å². The van der Waals surface area contributed by atoms with E-state index in [2.05, 4.69) is 58.0 Å². The zero-order valence-corrected chi connectivity index (χ0v) is 22.1. The highest BCUT2D eigenvalue weighted by Gasteiger charge is 2.37. The van der Waals surface area contributed by atoms with Gasteiger partial charge in [-0.1, -0.05) is 18.2 Å². The molecule has 3 heterocycles. The molecule has 2 unspecified atom stereocenters. The Kier molecular flexibility index (Phi) is 6.20. The number of hydrogen-bond donors (Lipinski definition) is 2. The van der Waals surface area contributed by atoms with Gasteiger partial charge in [0.15, 0.2) is 5.65 Å². The number of likely N-dealkylation sites (N-methyl/N-ethyl adjacent to an activating group) is 1. The summed E-state index contributed by atoms with van der Waals surface area (Å²) < 4.78 is 3.61. The Labute approximate surface area is 222 Å². The van der Waals surface area contributed by atoms with Gasteiger partial charge in [-0.05, 0) is 68.6 Å². The Hall–Kier alpha value is -3.69.